The minimum absolute atomic E-state index is 0.317. The fraction of sp³-hybridized carbons (Fsp3) is 0.0556. The van der Waals surface area contributed by atoms with Crippen molar-refractivity contribution in [3.05, 3.63) is 71.1 Å². The van der Waals surface area contributed by atoms with Crippen LogP contribution in [0.4, 0.5) is 10.7 Å². The van der Waals surface area contributed by atoms with Gasteiger partial charge in [-0.1, -0.05) is 42.5 Å². The number of nitrogens with one attached hydrogen (secondary N) is 1. The summed E-state index contributed by atoms with van der Waals surface area (Å²) in [5, 5.41) is 15.4. The number of thiophene rings is 1. The first-order valence-electron chi connectivity index (χ1n) is 6.89. The van der Waals surface area contributed by atoms with Gasteiger partial charge in [-0.15, -0.1) is 11.3 Å². The average molecular weight is 309 g/mol. The zero-order valence-electron chi connectivity index (χ0n) is 12.0. The highest BCUT2D eigenvalue weighted by Crippen LogP contribution is 2.37. The van der Waals surface area contributed by atoms with Crippen molar-refractivity contribution >= 4 is 28.0 Å². The molecule has 1 heterocycles. The van der Waals surface area contributed by atoms with Crippen molar-refractivity contribution in [2.45, 2.75) is 6.92 Å². The SMILES string of the molecule is Cc1cccc(Nc2scc(-c3ccccc3)c2C(=O)O)c1. The van der Waals surface area contributed by atoms with Crippen LogP contribution >= 0.6 is 11.3 Å². The number of carboxylic acid groups (broad SMARTS) is 1. The Morgan fingerprint density at radius 1 is 1.09 bits per heavy atom. The molecule has 2 aromatic carbocycles. The van der Waals surface area contributed by atoms with Crippen molar-refractivity contribution in [2.24, 2.45) is 0 Å². The zero-order chi connectivity index (χ0) is 15.5. The Bertz CT molecular complexity index is 809. The third kappa shape index (κ3) is 2.87. The molecule has 0 saturated heterocycles. The molecule has 0 atom stereocenters. The van der Waals surface area contributed by atoms with Crippen LogP contribution < -0.4 is 5.32 Å². The Kier molecular flexibility index (Phi) is 3.94. The van der Waals surface area contributed by atoms with Gasteiger partial charge >= 0.3 is 5.97 Å². The predicted molar refractivity (Wildman–Crippen MR) is 91.2 cm³/mol. The van der Waals surface area contributed by atoms with Crippen molar-refractivity contribution in [3.8, 4) is 11.1 Å². The van der Waals surface area contributed by atoms with Crippen LogP contribution in [0.2, 0.25) is 0 Å². The maximum Gasteiger partial charge on any atom is 0.339 e. The molecule has 0 aliphatic heterocycles. The summed E-state index contributed by atoms with van der Waals surface area (Å²) >= 11 is 1.41. The van der Waals surface area contributed by atoms with E-state index in [1.165, 1.54) is 11.3 Å². The van der Waals surface area contributed by atoms with Crippen LogP contribution in [0, 0.1) is 6.92 Å². The molecule has 3 aromatic rings. The first-order chi connectivity index (χ1) is 10.6. The molecule has 0 radical (unpaired) electrons. The summed E-state index contributed by atoms with van der Waals surface area (Å²) in [6, 6.07) is 17.5. The molecule has 4 heteroatoms. The number of hydrogen-bond acceptors (Lipinski definition) is 3. The number of rotatable bonds is 4. The largest absolute Gasteiger partial charge is 0.478 e. The smallest absolute Gasteiger partial charge is 0.339 e. The standard InChI is InChI=1S/C18H15NO2S/c1-12-6-5-9-14(10-12)19-17-16(18(20)21)15(11-22-17)13-7-3-2-4-8-13/h2-11,19H,1H3,(H,20,21). The molecule has 0 aliphatic carbocycles. The van der Waals surface area contributed by atoms with Gasteiger partial charge in [-0.05, 0) is 30.2 Å². The molecule has 22 heavy (non-hydrogen) atoms. The molecule has 3 rings (SSSR count). The van der Waals surface area contributed by atoms with Crippen molar-refractivity contribution < 1.29 is 9.90 Å². The van der Waals surface area contributed by atoms with E-state index in [0.29, 0.717) is 10.6 Å². The first-order valence-corrected chi connectivity index (χ1v) is 7.77. The van der Waals surface area contributed by atoms with Gasteiger partial charge in [0, 0.05) is 16.6 Å². The Labute approximate surface area is 132 Å². The number of carbonyl (C=O) groups is 1. The van der Waals surface area contributed by atoms with Gasteiger partial charge in [0.05, 0.1) is 0 Å². The van der Waals surface area contributed by atoms with E-state index in [4.69, 9.17) is 0 Å². The normalized spacial score (nSPS) is 10.4. The van der Waals surface area contributed by atoms with Crippen LogP contribution in [-0.2, 0) is 0 Å². The average Bonchev–Trinajstić information content (AvgIpc) is 2.92. The van der Waals surface area contributed by atoms with Crippen LogP contribution in [0.1, 0.15) is 15.9 Å². The van der Waals surface area contributed by atoms with Gasteiger partial charge in [0.15, 0.2) is 0 Å². The van der Waals surface area contributed by atoms with E-state index in [1.807, 2.05) is 66.9 Å². The summed E-state index contributed by atoms with van der Waals surface area (Å²) in [5.41, 5.74) is 3.99. The molecular weight excluding hydrogens is 294 g/mol. The van der Waals surface area contributed by atoms with Gasteiger partial charge in [0.1, 0.15) is 10.6 Å². The van der Waals surface area contributed by atoms with Crippen LogP contribution in [-0.4, -0.2) is 11.1 Å². The molecule has 2 N–H and O–H groups in total. The number of aryl methyl sites for hydroxylation is 1. The van der Waals surface area contributed by atoms with E-state index in [1.54, 1.807) is 0 Å². The molecule has 0 aliphatic rings. The zero-order valence-corrected chi connectivity index (χ0v) is 12.9. The molecule has 3 nitrogen and oxygen atoms in total. The quantitative estimate of drug-likeness (QED) is 0.699. The fourth-order valence-electron chi connectivity index (χ4n) is 2.35. The monoisotopic (exact) mass is 309 g/mol. The van der Waals surface area contributed by atoms with E-state index in [-0.39, 0.29) is 0 Å². The number of benzene rings is 2. The predicted octanol–water partition coefficient (Wildman–Crippen LogP) is 5.17. The summed E-state index contributed by atoms with van der Waals surface area (Å²) in [5.74, 6) is -0.921. The molecule has 0 bridgehead atoms. The van der Waals surface area contributed by atoms with Gasteiger partial charge < -0.3 is 10.4 Å². The number of anilines is 2. The van der Waals surface area contributed by atoms with Gasteiger partial charge in [-0.2, -0.15) is 0 Å². The third-order valence-corrected chi connectivity index (χ3v) is 4.26. The third-order valence-electron chi connectivity index (χ3n) is 3.37. The topological polar surface area (TPSA) is 49.3 Å². The van der Waals surface area contributed by atoms with Crippen LogP contribution in [0.5, 0.6) is 0 Å². The summed E-state index contributed by atoms with van der Waals surface area (Å²) < 4.78 is 0. The first kappa shape index (κ1) is 14.4. The lowest BCUT2D eigenvalue weighted by Gasteiger charge is -2.07. The van der Waals surface area contributed by atoms with E-state index in [2.05, 4.69) is 5.32 Å². The lowest BCUT2D eigenvalue weighted by Crippen LogP contribution is -2.01. The number of carboxylic acids is 1. The van der Waals surface area contributed by atoms with Crippen LogP contribution in [0.25, 0.3) is 11.1 Å². The van der Waals surface area contributed by atoms with E-state index in [9.17, 15) is 9.90 Å². The Morgan fingerprint density at radius 3 is 2.55 bits per heavy atom. The lowest BCUT2D eigenvalue weighted by atomic mass is 10.0. The van der Waals surface area contributed by atoms with Crippen molar-refractivity contribution in [2.75, 3.05) is 5.32 Å². The van der Waals surface area contributed by atoms with Crippen LogP contribution in [0.15, 0.2) is 60.0 Å². The van der Waals surface area contributed by atoms with Gasteiger partial charge in [-0.25, -0.2) is 4.79 Å². The molecule has 0 amide bonds. The molecule has 0 unspecified atom stereocenters. The summed E-state index contributed by atoms with van der Waals surface area (Å²) in [7, 11) is 0. The van der Waals surface area contributed by atoms with E-state index in [0.717, 1.165) is 22.4 Å². The van der Waals surface area contributed by atoms with Crippen molar-refractivity contribution in [3.63, 3.8) is 0 Å². The second-order valence-corrected chi connectivity index (χ2v) is 5.90. The second-order valence-electron chi connectivity index (χ2n) is 5.02. The van der Waals surface area contributed by atoms with E-state index < -0.39 is 5.97 Å². The highest BCUT2D eigenvalue weighted by Gasteiger charge is 2.19. The van der Waals surface area contributed by atoms with Gasteiger partial charge in [0.2, 0.25) is 0 Å². The number of aromatic carboxylic acids is 1. The fourth-order valence-corrected chi connectivity index (χ4v) is 3.33. The molecule has 0 saturated carbocycles. The summed E-state index contributed by atoms with van der Waals surface area (Å²) in [4.78, 5) is 11.7. The Balaban J connectivity index is 2.02. The van der Waals surface area contributed by atoms with E-state index >= 15 is 0 Å². The van der Waals surface area contributed by atoms with Gasteiger partial charge in [-0.3, -0.25) is 0 Å². The molecular formula is C18H15NO2S. The molecule has 110 valence electrons. The number of hydrogen-bond donors (Lipinski definition) is 2. The second kappa shape index (κ2) is 6.03. The summed E-state index contributed by atoms with van der Waals surface area (Å²) in [6.45, 7) is 2.01. The maximum absolute atomic E-state index is 11.7. The minimum atomic E-state index is -0.921. The highest BCUT2D eigenvalue weighted by atomic mass is 32.1. The lowest BCUT2D eigenvalue weighted by molar-refractivity contribution is 0.0699. The van der Waals surface area contributed by atoms with Crippen LogP contribution in [0.3, 0.4) is 0 Å². The molecule has 0 spiro atoms. The summed E-state index contributed by atoms with van der Waals surface area (Å²) in [6.07, 6.45) is 0. The Hall–Kier alpha value is -2.59. The minimum Gasteiger partial charge on any atom is -0.478 e. The Morgan fingerprint density at radius 2 is 1.86 bits per heavy atom. The maximum atomic E-state index is 11.7. The molecule has 1 aromatic heterocycles. The van der Waals surface area contributed by atoms with Crippen molar-refractivity contribution in [1.29, 1.82) is 0 Å². The highest BCUT2D eigenvalue weighted by molar-refractivity contribution is 7.15. The van der Waals surface area contributed by atoms with Crippen molar-refractivity contribution in [1.82, 2.24) is 0 Å². The van der Waals surface area contributed by atoms with Gasteiger partial charge in [0.25, 0.3) is 0 Å². The molecule has 0 fully saturated rings.